The Kier molecular flexibility index (Phi) is 4.51. The van der Waals surface area contributed by atoms with Gasteiger partial charge in [0.05, 0.1) is 0 Å². The zero-order valence-electron chi connectivity index (χ0n) is 13.4. The Morgan fingerprint density at radius 1 is 1.14 bits per heavy atom. The van der Waals surface area contributed by atoms with Crippen LogP contribution in [0.5, 0.6) is 0 Å². The lowest BCUT2D eigenvalue weighted by Gasteiger charge is -2.37. The minimum Gasteiger partial charge on any atom is -0.150 e. The van der Waals surface area contributed by atoms with Crippen molar-refractivity contribution in [3.63, 3.8) is 0 Å². The van der Waals surface area contributed by atoms with Crippen molar-refractivity contribution in [2.24, 2.45) is 5.92 Å². The molecule has 1 aliphatic heterocycles. The number of hydrogen-bond donors (Lipinski definition) is 1. The number of thioether (sulfide) groups is 2. The van der Waals surface area contributed by atoms with Gasteiger partial charge in [0.15, 0.2) is 0 Å². The molecular weight excluding hydrogens is 324 g/mol. The second-order valence-corrected chi connectivity index (χ2v) is 11.5. The monoisotopic (exact) mass is 350 g/mol. The van der Waals surface area contributed by atoms with Crippen molar-refractivity contribution >= 4 is 36.2 Å². The molecule has 0 radical (unpaired) electrons. The maximum Gasteiger partial charge on any atom is 0.110 e. The van der Waals surface area contributed by atoms with E-state index in [0.29, 0.717) is 5.92 Å². The third kappa shape index (κ3) is 2.75. The van der Waals surface area contributed by atoms with Gasteiger partial charge in [-0.25, -0.2) is 0 Å². The molecule has 2 fully saturated rings. The third-order valence-electron chi connectivity index (χ3n) is 5.91. The lowest BCUT2D eigenvalue weighted by atomic mass is 9.80. The fraction of sp³-hybridized carbons (Fsp3) is 0.684. The first-order valence-corrected chi connectivity index (χ1v) is 11.2. The van der Waals surface area contributed by atoms with E-state index in [0.717, 1.165) is 11.8 Å². The number of benzene rings is 1. The zero-order valence-corrected chi connectivity index (χ0v) is 15.9. The summed E-state index contributed by atoms with van der Waals surface area (Å²) in [5, 5.41) is 0. The molecule has 0 aromatic heterocycles. The molecule has 1 aromatic carbocycles. The Morgan fingerprint density at radius 3 is 2.73 bits per heavy atom. The van der Waals surface area contributed by atoms with E-state index in [1.54, 1.807) is 11.1 Å². The summed E-state index contributed by atoms with van der Waals surface area (Å²) in [5.41, 5.74) is 4.84. The van der Waals surface area contributed by atoms with E-state index in [4.69, 9.17) is 12.6 Å². The van der Waals surface area contributed by atoms with Crippen molar-refractivity contribution in [3.8, 4) is 0 Å². The van der Waals surface area contributed by atoms with E-state index in [1.807, 2.05) is 23.5 Å². The van der Waals surface area contributed by atoms with Crippen LogP contribution in [0.2, 0.25) is 0 Å². The molecule has 3 aliphatic rings. The van der Waals surface area contributed by atoms with Crippen molar-refractivity contribution in [1.82, 2.24) is 0 Å². The van der Waals surface area contributed by atoms with Crippen molar-refractivity contribution < 1.29 is 0 Å². The Morgan fingerprint density at radius 2 is 1.91 bits per heavy atom. The lowest BCUT2D eigenvalue weighted by Crippen LogP contribution is -2.25. The average Bonchev–Trinajstić information content (AvgIpc) is 2.92. The minimum atomic E-state index is 0.0673. The molecule has 1 heterocycles. The maximum absolute atomic E-state index is 5.07. The van der Waals surface area contributed by atoms with Crippen LogP contribution in [0, 0.1) is 5.92 Å². The summed E-state index contributed by atoms with van der Waals surface area (Å²) in [6.45, 7) is 2.38. The molecule has 3 atom stereocenters. The second kappa shape index (κ2) is 6.29. The highest BCUT2D eigenvalue weighted by molar-refractivity contribution is 8.29. The van der Waals surface area contributed by atoms with Gasteiger partial charge in [-0.3, -0.25) is 0 Å². The highest BCUT2D eigenvalue weighted by atomic mass is 32.3. The molecule has 0 nitrogen and oxygen atoms in total. The summed E-state index contributed by atoms with van der Waals surface area (Å²) < 4.78 is 0.0673. The SMILES string of the molecule is C[C@H](c1ccc2c(c1)C[C@@H]1CCCC[C@H]21)C1(S)SCCCS1. The Hall–Kier alpha value is 0.270. The summed E-state index contributed by atoms with van der Waals surface area (Å²) in [5.74, 6) is 4.85. The summed E-state index contributed by atoms with van der Waals surface area (Å²) in [6.07, 6.45) is 8.43. The van der Waals surface area contributed by atoms with Crippen molar-refractivity contribution in [2.75, 3.05) is 11.5 Å². The maximum atomic E-state index is 5.07. The van der Waals surface area contributed by atoms with E-state index in [1.165, 1.54) is 55.6 Å². The Bertz CT molecular complexity index is 548. The molecule has 0 bridgehead atoms. The normalized spacial score (nSPS) is 31.4. The molecule has 4 rings (SSSR count). The smallest absolute Gasteiger partial charge is 0.110 e. The standard InChI is InChI=1S/C19H26S3/c1-13(19(20)21-9-4-10-22-19)14-7-8-18-16(11-14)12-15-5-2-3-6-17(15)18/h7-8,11,13,15,17,20H,2-6,9-10,12H2,1H3/t13-,15+,17+/m1/s1. The first-order chi connectivity index (χ1) is 10.7. The molecule has 1 saturated heterocycles. The molecule has 3 heteroatoms. The minimum absolute atomic E-state index is 0.0673. The predicted octanol–water partition coefficient (Wildman–Crippen LogP) is 6.07. The molecule has 1 saturated carbocycles. The number of hydrogen-bond acceptors (Lipinski definition) is 3. The first-order valence-electron chi connectivity index (χ1n) is 8.80. The predicted molar refractivity (Wildman–Crippen MR) is 105 cm³/mol. The van der Waals surface area contributed by atoms with Crippen LogP contribution in [0.1, 0.15) is 67.6 Å². The lowest BCUT2D eigenvalue weighted by molar-refractivity contribution is 0.330. The van der Waals surface area contributed by atoms with Gasteiger partial charge in [-0.1, -0.05) is 38.0 Å². The molecule has 0 amide bonds. The fourth-order valence-electron chi connectivity index (χ4n) is 4.58. The van der Waals surface area contributed by atoms with Crippen molar-refractivity contribution in [1.29, 1.82) is 0 Å². The van der Waals surface area contributed by atoms with Crippen LogP contribution in [-0.4, -0.2) is 14.9 Å². The quantitative estimate of drug-likeness (QED) is 0.642. The average molecular weight is 351 g/mol. The topological polar surface area (TPSA) is 0 Å². The van der Waals surface area contributed by atoms with Gasteiger partial charge in [0.2, 0.25) is 0 Å². The van der Waals surface area contributed by atoms with Gasteiger partial charge < -0.3 is 0 Å². The van der Waals surface area contributed by atoms with Gasteiger partial charge in [-0.15, -0.1) is 23.5 Å². The number of rotatable bonds is 2. The first kappa shape index (κ1) is 15.8. The molecule has 1 aromatic rings. The van der Waals surface area contributed by atoms with Gasteiger partial charge in [0.25, 0.3) is 0 Å². The highest BCUT2D eigenvalue weighted by Crippen LogP contribution is 2.54. The molecule has 120 valence electrons. The molecule has 0 N–H and O–H groups in total. The van der Waals surface area contributed by atoms with Gasteiger partial charge >= 0.3 is 0 Å². The summed E-state index contributed by atoms with van der Waals surface area (Å²) in [6, 6.07) is 7.41. The summed E-state index contributed by atoms with van der Waals surface area (Å²) in [7, 11) is 0. The van der Waals surface area contributed by atoms with Gasteiger partial charge in [0.1, 0.15) is 3.41 Å². The highest BCUT2D eigenvalue weighted by Gasteiger charge is 2.38. The largest absolute Gasteiger partial charge is 0.150 e. The second-order valence-electron chi connectivity index (χ2n) is 7.22. The molecule has 0 unspecified atom stereocenters. The van der Waals surface area contributed by atoms with Crippen LogP contribution >= 0.6 is 36.2 Å². The Balaban J connectivity index is 1.59. The summed E-state index contributed by atoms with van der Waals surface area (Å²) >= 11 is 9.17. The zero-order chi connectivity index (χ0) is 15.2. The van der Waals surface area contributed by atoms with Crippen LogP contribution in [0.25, 0.3) is 0 Å². The van der Waals surface area contributed by atoms with Crippen molar-refractivity contribution in [2.45, 2.75) is 60.7 Å². The van der Waals surface area contributed by atoms with Crippen LogP contribution in [-0.2, 0) is 6.42 Å². The molecular formula is C19H26S3. The van der Waals surface area contributed by atoms with E-state index in [2.05, 4.69) is 25.1 Å². The van der Waals surface area contributed by atoms with Crippen LogP contribution < -0.4 is 0 Å². The van der Waals surface area contributed by atoms with E-state index >= 15 is 0 Å². The number of fused-ring (bicyclic) bond motifs is 3. The van der Waals surface area contributed by atoms with Crippen molar-refractivity contribution in [3.05, 3.63) is 34.9 Å². The molecule has 22 heavy (non-hydrogen) atoms. The number of thiol groups is 1. The van der Waals surface area contributed by atoms with E-state index in [9.17, 15) is 0 Å². The van der Waals surface area contributed by atoms with Gasteiger partial charge in [-0.05, 0) is 65.7 Å². The summed E-state index contributed by atoms with van der Waals surface area (Å²) in [4.78, 5) is 0. The van der Waals surface area contributed by atoms with Gasteiger partial charge in [0, 0.05) is 5.92 Å². The Labute approximate surface area is 149 Å². The third-order valence-corrected chi connectivity index (χ3v) is 10.3. The molecule has 0 spiro atoms. The van der Waals surface area contributed by atoms with Crippen LogP contribution in [0.3, 0.4) is 0 Å². The van der Waals surface area contributed by atoms with Gasteiger partial charge in [-0.2, -0.15) is 12.6 Å². The van der Waals surface area contributed by atoms with Crippen LogP contribution in [0.15, 0.2) is 18.2 Å². The van der Waals surface area contributed by atoms with E-state index < -0.39 is 0 Å². The van der Waals surface area contributed by atoms with Crippen LogP contribution in [0.4, 0.5) is 0 Å². The van der Waals surface area contributed by atoms with E-state index in [-0.39, 0.29) is 3.41 Å². The molecule has 2 aliphatic carbocycles. The fourth-order valence-corrected chi connectivity index (χ4v) is 8.22.